The largest absolute Gasteiger partial charge is 0.444 e. The first-order valence-corrected chi connectivity index (χ1v) is 15.5. The van der Waals surface area contributed by atoms with Gasteiger partial charge in [0.2, 0.25) is 10.0 Å². The molecule has 1 unspecified atom stereocenters. The Morgan fingerprint density at radius 3 is 2.44 bits per heavy atom. The maximum atomic E-state index is 13.7. The van der Waals surface area contributed by atoms with Crippen LogP contribution in [0.5, 0.6) is 0 Å². The minimum Gasteiger partial charge on any atom is -0.444 e. The van der Waals surface area contributed by atoms with Gasteiger partial charge in [0.05, 0.1) is 4.90 Å². The molecule has 1 aliphatic rings. The predicted octanol–water partition coefficient (Wildman–Crippen LogP) is 4.87. The molecule has 1 fully saturated rings. The normalized spacial score (nSPS) is 17.5. The van der Waals surface area contributed by atoms with Gasteiger partial charge >= 0.3 is 12.2 Å². The van der Waals surface area contributed by atoms with E-state index in [1.807, 2.05) is 48.5 Å². The fraction of sp³-hybridized carbons (Fsp3) is 0.593. The highest BCUT2D eigenvalue weighted by molar-refractivity contribution is 7.99. The number of benzene rings is 1. The van der Waals surface area contributed by atoms with Gasteiger partial charge in [0, 0.05) is 49.6 Å². The van der Waals surface area contributed by atoms with Crippen LogP contribution in [0, 0.1) is 0 Å². The fourth-order valence-corrected chi connectivity index (χ4v) is 6.71. The average molecular weight is 581 g/mol. The molecule has 1 aromatic carbocycles. The van der Waals surface area contributed by atoms with Crippen LogP contribution < -0.4 is 5.32 Å². The van der Waals surface area contributed by atoms with Crippen molar-refractivity contribution >= 4 is 44.7 Å². The third kappa shape index (κ3) is 8.71. The van der Waals surface area contributed by atoms with Crippen molar-refractivity contribution in [3.63, 3.8) is 0 Å². The van der Waals surface area contributed by atoms with E-state index in [1.54, 1.807) is 35.4 Å². The van der Waals surface area contributed by atoms with Crippen molar-refractivity contribution < 1.29 is 27.5 Å². The van der Waals surface area contributed by atoms with E-state index in [-0.39, 0.29) is 11.4 Å². The van der Waals surface area contributed by atoms with E-state index in [1.165, 1.54) is 16.1 Å². The molecule has 216 valence electrons. The Morgan fingerprint density at radius 1 is 1.08 bits per heavy atom. The summed E-state index contributed by atoms with van der Waals surface area (Å²) < 4.78 is 39.6. The van der Waals surface area contributed by atoms with E-state index in [4.69, 9.17) is 9.47 Å². The van der Waals surface area contributed by atoms with Crippen LogP contribution in [0.25, 0.3) is 10.8 Å². The van der Waals surface area contributed by atoms with Gasteiger partial charge in [0.1, 0.15) is 16.2 Å². The molecule has 2 amide bonds. The number of hydrogen-bond donors (Lipinski definition) is 1. The van der Waals surface area contributed by atoms with Crippen LogP contribution in [0.4, 0.5) is 9.59 Å². The molecule has 1 atom stereocenters. The van der Waals surface area contributed by atoms with Crippen molar-refractivity contribution in [1.82, 2.24) is 19.5 Å². The summed E-state index contributed by atoms with van der Waals surface area (Å²) in [5.41, 5.74) is -1.18. The molecule has 10 nitrogen and oxygen atoms in total. The van der Waals surface area contributed by atoms with Crippen molar-refractivity contribution in [2.24, 2.45) is 0 Å². The van der Waals surface area contributed by atoms with Gasteiger partial charge in [-0.1, -0.05) is 6.07 Å². The number of thioether (sulfide) groups is 1. The number of fused-ring (bicyclic) bond motifs is 1. The lowest BCUT2D eigenvalue weighted by Gasteiger charge is -2.30. The number of amides is 2. The summed E-state index contributed by atoms with van der Waals surface area (Å²) in [5.74, 6) is 0.574. The van der Waals surface area contributed by atoms with Crippen LogP contribution in [0.15, 0.2) is 40.4 Å². The molecular formula is C27H40N4O6S2. The average Bonchev–Trinajstić information content (AvgIpc) is 3.01. The second-order valence-electron chi connectivity index (χ2n) is 11.5. The number of carbonyl (C=O) groups is 2. The number of nitrogens with one attached hydrogen (secondary N) is 1. The summed E-state index contributed by atoms with van der Waals surface area (Å²) in [6.45, 7) is 14.1. The maximum absolute atomic E-state index is 13.7. The number of nitrogens with zero attached hydrogens (tertiary/aromatic N) is 3. The lowest BCUT2D eigenvalue weighted by molar-refractivity contribution is 0.0243. The summed E-state index contributed by atoms with van der Waals surface area (Å²) in [6, 6.07) is 6.41. The highest BCUT2D eigenvalue weighted by atomic mass is 32.2. The van der Waals surface area contributed by atoms with Crippen LogP contribution in [0.2, 0.25) is 0 Å². The predicted molar refractivity (Wildman–Crippen MR) is 152 cm³/mol. The third-order valence-corrected chi connectivity index (χ3v) is 8.77. The first-order chi connectivity index (χ1) is 18.1. The van der Waals surface area contributed by atoms with Crippen LogP contribution in [-0.4, -0.2) is 84.0 Å². The zero-order valence-corrected chi connectivity index (χ0v) is 25.4. The third-order valence-electron chi connectivity index (χ3n) is 5.75. The number of ether oxygens (including phenoxy) is 2. The Labute approximate surface area is 235 Å². The number of sulfonamides is 1. The lowest BCUT2D eigenvalue weighted by atomic mass is 10.2. The Kier molecular flexibility index (Phi) is 9.77. The summed E-state index contributed by atoms with van der Waals surface area (Å²) >= 11 is 1.47. The zero-order chi connectivity index (χ0) is 29.0. The first-order valence-electron chi connectivity index (χ1n) is 13.0. The van der Waals surface area contributed by atoms with Crippen molar-refractivity contribution in [2.45, 2.75) is 82.1 Å². The smallest absolute Gasteiger partial charge is 0.410 e. The van der Waals surface area contributed by atoms with Gasteiger partial charge in [0.15, 0.2) is 0 Å². The molecule has 0 radical (unpaired) electrons. The zero-order valence-electron chi connectivity index (χ0n) is 23.8. The van der Waals surface area contributed by atoms with Gasteiger partial charge in [-0.2, -0.15) is 4.31 Å². The molecular weight excluding hydrogens is 540 g/mol. The molecule has 39 heavy (non-hydrogen) atoms. The highest BCUT2D eigenvalue weighted by Crippen LogP contribution is 2.30. The second-order valence-corrected chi connectivity index (χ2v) is 14.5. The van der Waals surface area contributed by atoms with Crippen molar-refractivity contribution in [1.29, 1.82) is 0 Å². The number of hydrogen-bond acceptors (Lipinski definition) is 8. The van der Waals surface area contributed by atoms with E-state index < -0.39 is 39.5 Å². The Bertz CT molecular complexity index is 1290. The topological polar surface area (TPSA) is 118 Å². The minimum atomic E-state index is -3.80. The standard InChI is InChI=1S/C27H40N4O6S2/c1-19-18-30(25(33)37-27(5,6)7)14-8-15-31(19)39(34,35)21-9-10-22-20(17-21)11-12-28-23(22)38-16-13-29-24(32)36-26(2,3)4/h9-12,17,19H,8,13-16,18H2,1-7H3,(H,29,32). The van der Waals surface area contributed by atoms with Gasteiger partial charge < -0.3 is 19.7 Å². The minimum absolute atomic E-state index is 0.196. The molecule has 0 bridgehead atoms. The van der Waals surface area contributed by atoms with E-state index in [0.717, 1.165) is 15.8 Å². The molecule has 1 N–H and O–H groups in total. The number of aromatic nitrogens is 1. The van der Waals surface area contributed by atoms with Crippen LogP contribution in [0.1, 0.15) is 54.9 Å². The Hall–Kier alpha value is -2.57. The summed E-state index contributed by atoms with van der Waals surface area (Å²) in [5, 5.41) is 5.06. The van der Waals surface area contributed by atoms with E-state index in [0.29, 0.717) is 31.8 Å². The maximum Gasteiger partial charge on any atom is 0.410 e. The van der Waals surface area contributed by atoms with E-state index >= 15 is 0 Å². The van der Waals surface area contributed by atoms with E-state index in [9.17, 15) is 18.0 Å². The van der Waals surface area contributed by atoms with Crippen molar-refractivity contribution in [3.05, 3.63) is 30.5 Å². The Morgan fingerprint density at radius 2 is 1.77 bits per heavy atom. The molecule has 12 heteroatoms. The number of alkyl carbamates (subject to hydrolysis) is 1. The molecule has 1 aromatic heterocycles. The van der Waals surface area contributed by atoms with Gasteiger partial charge in [-0.3, -0.25) is 0 Å². The second kappa shape index (κ2) is 12.3. The SMILES string of the molecule is CC1CN(C(=O)OC(C)(C)C)CCCN1S(=O)(=O)c1ccc2c(SCCNC(=O)OC(C)(C)C)nccc2c1. The summed E-state index contributed by atoms with van der Waals surface area (Å²) in [7, 11) is -3.80. The van der Waals surface area contributed by atoms with Crippen LogP contribution in [-0.2, 0) is 19.5 Å². The number of rotatable bonds is 6. The Balaban J connectivity index is 1.70. The molecule has 1 aliphatic heterocycles. The van der Waals surface area contributed by atoms with Gasteiger partial charge in [-0.25, -0.2) is 23.0 Å². The first kappa shape index (κ1) is 31.0. The fourth-order valence-electron chi connectivity index (χ4n) is 4.14. The molecule has 0 saturated carbocycles. The van der Waals surface area contributed by atoms with E-state index in [2.05, 4.69) is 10.3 Å². The molecule has 2 heterocycles. The van der Waals surface area contributed by atoms with Gasteiger partial charge in [-0.15, -0.1) is 11.8 Å². The molecule has 1 saturated heterocycles. The van der Waals surface area contributed by atoms with Crippen LogP contribution >= 0.6 is 11.8 Å². The number of carbonyl (C=O) groups excluding carboxylic acids is 2. The van der Waals surface area contributed by atoms with Gasteiger partial charge in [0.25, 0.3) is 0 Å². The quantitative estimate of drug-likeness (QED) is 0.380. The monoisotopic (exact) mass is 580 g/mol. The van der Waals surface area contributed by atoms with Crippen LogP contribution in [0.3, 0.4) is 0 Å². The summed E-state index contributed by atoms with van der Waals surface area (Å²) in [6.07, 6.45) is 1.26. The van der Waals surface area contributed by atoms with Gasteiger partial charge in [-0.05, 0) is 78.5 Å². The number of pyridine rings is 1. The molecule has 3 rings (SSSR count). The van der Waals surface area contributed by atoms with Crippen molar-refractivity contribution in [2.75, 3.05) is 31.9 Å². The lowest BCUT2D eigenvalue weighted by Crippen LogP contribution is -2.45. The molecule has 0 aliphatic carbocycles. The van der Waals surface area contributed by atoms with Crippen molar-refractivity contribution in [3.8, 4) is 0 Å². The summed E-state index contributed by atoms with van der Waals surface area (Å²) in [4.78, 5) is 30.7. The molecule has 2 aromatic rings. The highest BCUT2D eigenvalue weighted by Gasteiger charge is 2.34. The molecule has 0 spiro atoms.